The molecule has 1 atom stereocenters. The number of ether oxygens (including phenoxy) is 2. The van der Waals surface area contributed by atoms with Gasteiger partial charge in [0, 0.05) is 59.3 Å². The van der Waals surface area contributed by atoms with Crippen LogP contribution < -0.4 is 20.1 Å². The van der Waals surface area contributed by atoms with Gasteiger partial charge in [-0.15, -0.1) is 0 Å². The molecule has 3 aromatic heterocycles. The number of hydrogen-bond donors (Lipinski definition) is 1. The molecule has 1 aliphatic rings. The molecule has 2 amide bonds. The molecule has 12 heteroatoms. The van der Waals surface area contributed by atoms with Crippen molar-refractivity contribution in [2.75, 3.05) is 25.2 Å². The Morgan fingerprint density at radius 1 is 0.981 bits per heavy atom. The zero-order valence-electron chi connectivity index (χ0n) is 30.6. The summed E-state index contributed by atoms with van der Waals surface area (Å²) in [6, 6.07) is 13.1. The van der Waals surface area contributed by atoms with Crippen molar-refractivity contribution in [1.82, 2.24) is 18.9 Å². The number of fused-ring (bicyclic) bond motifs is 4. The number of carbonyl (C=O) groups excluding carboxylic acids is 2. The van der Waals surface area contributed by atoms with Crippen LogP contribution in [0.5, 0.6) is 11.5 Å². The molecule has 6 aromatic rings. The number of carbonyl (C=O) groups is 2. The first-order chi connectivity index (χ1) is 24.7. The van der Waals surface area contributed by atoms with Gasteiger partial charge < -0.3 is 29.2 Å². The number of primary amides is 1. The van der Waals surface area contributed by atoms with Crippen LogP contribution in [0.1, 0.15) is 68.4 Å². The van der Waals surface area contributed by atoms with Crippen LogP contribution in [0.3, 0.4) is 0 Å². The molecule has 0 saturated carbocycles. The van der Waals surface area contributed by atoms with E-state index in [1.54, 1.807) is 24.8 Å². The molecule has 1 unspecified atom stereocenters. The zero-order valence-corrected chi connectivity index (χ0v) is 32.2. The van der Waals surface area contributed by atoms with Crippen LogP contribution in [-0.4, -0.2) is 51.0 Å². The highest BCUT2D eigenvalue weighted by atomic mass is 35.5. The van der Waals surface area contributed by atoms with Gasteiger partial charge in [-0.2, -0.15) is 5.10 Å². The quantitative estimate of drug-likeness (QED) is 0.150. The lowest BCUT2D eigenvalue weighted by molar-refractivity contribution is 0.0956. The van der Waals surface area contributed by atoms with Gasteiger partial charge in [0.2, 0.25) is 0 Å². The normalized spacial score (nSPS) is 14.5. The van der Waals surface area contributed by atoms with Gasteiger partial charge in [-0.3, -0.25) is 14.3 Å². The number of methoxy groups -OCH3 is 1. The van der Waals surface area contributed by atoms with E-state index in [1.807, 2.05) is 80.7 Å². The molecule has 0 radical (unpaired) electrons. The van der Waals surface area contributed by atoms with Gasteiger partial charge in [0.15, 0.2) is 0 Å². The molecule has 270 valence electrons. The first kappa shape index (κ1) is 35.5. The van der Waals surface area contributed by atoms with Crippen LogP contribution >= 0.6 is 23.2 Å². The lowest BCUT2D eigenvalue weighted by Gasteiger charge is -2.35. The van der Waals surface area contributed by atoms with Crippen molar-refractivity contribution in [3.8, 4) is 22.6 Å². The molecule has 0 bridgehead atoms. The Kier molecular flexibility index (Phi) is 9.03. The molecule has 10 nitrogen and oxygen atoms in total. The van der Waals surface area contributed by atoms with Crippen molar-refractivity contribution in [2.24, 2.45) is 19.8 Å². The van der Waals surface area contributed by atoms with Gasteiger partial charge in [-0.1, -0.05) is 29.3 Å². The number of amides is 2. The fourth-order valence-corrected chi connectivity index (χ4v) is 8.35. The summed E-state index contributed by atoms with van der Waals surface area (Å²) in [7, 11) is 5.29. The summed E-state index contributed by atoms with van der Waals surface area (Å²) in [6.45, 7) is 10.9. The maximum Gasteiger partial charge on any atom is 0.275 e. The molecule has 0 fully saturated rings. The minimum Gasteiger partial charge on any atom is -0.496 e. The van der Waals surface area contributed by atoms with Gasteiger partial charge in [-0.05, 0) is 101 Å². The largest absolute Gasteiger partial charge is 0.496 e. The van der Waals surface area contributed by atoms with E-state index in [-0.39, 0.29) is 11.9 Å². The molecule has 52 heavy (non-hydrogen) atoms. The minimum atomic E-state index is -0.566. The Labute approximate surface area is 312 Å². The lowest BCUT2D eigenvalue weighted by Crippen LogP contribution is -2.43. The molecule has 1 aliphatic heterocycles. The molecular weight excluding hydrogens is 699 g/mol. The molecule has 4 heterocycles. The number of anilines is 1. The SMILES string of the molecule is COc1ccc(N2CC(C)n3c(c(CCCOc4cc(C)c(Cl)c(C)c4)c4ccc(Cl)c(-c5c(C)nn(C)c5C)c43)C2=O)c2c1cc(C(N)=O)n2C. The van der Waals surface area contributed by atoms with E-state index < -0.39 is 5.91 Å². The van der Waals surface area contributed by atoms with Crippen molar-refractivity contribution in [3.05, 3.63) is 92.0 Å². The summed E-state index contributed by atoms with van der Waals surface area (Å²) in [5, 5.41) is 7.71. The first-order valence-corrected chi connectivity index (χ1v) is 18.0. The van der Waals surface area contributed by atoms with Crippen LogP contribution in [0.15, 0.2) is 42.5 Å². The van der Waals surface area contributed by atoms with Crippen molar-refractivity contribution in [3.63, 3.8) is 0 Å². The van der Waals surface area contributed by atoms with E-state index in [1.165, 1.54) is 0 Å². The predicted molar refractivity (Wildman–Crippen MR) is 208 cm³/mol. The number of aromatic nitrogens is 4. The summed E-state index contributed by atoms with van der Waals surface area (Å²) in [6.07, 6.45) is 1.24. The van der Waals surface area contributed by atoms with Crippen molar-refractivity contribution in [1.29, 1.82) is 0 Å². The molecular formula is C40H42Cl2N6O4. The van der Waals surface area contributed by atoms with Crippen LogP contribution in [0, 0.1) is 27.7 Å². The summed E-state index contributed by atoms with van der Waals surface area (Å²) in [5.41, 5.74) is 15.5. The van der Waals surface area contributed by atoms with Crippen molar-refractivity contribution >= 4 is 62.5 Å². The van der Waals surface area contributed by atoms with E-state index in [4.69, 9.17) is 43.5 Å². The molecule has 0 spiro atoms. The number of rotatable bonds is 9. The van der Waals surface area contributed by atoms with E-state index in [2.05, 4.69) is 11.5 Å². The lowest BCUT2D eigenvalue weighted by atomic mass is 9.98. The van der Waals surface area contributed by atoms with E-state index in [0.29, 0.717) is 64.7 Å². The van der Waals surface area contributed by atoms with Crippen molar-refractivity contribution < 1.29 is 19.1 Å². The van der Waals surface area contributed by atoms with E-state index >= 15 is 4.79 Å². The zero-order chi connectivity index (χ0) is 37.3. The number of aryl methyl sites for hydroxylation is 6. The predicted octanol–water partition coefficient (Wildman–Crippen LogP) is 8.41. The van der Waals surface area contributed by atoms with Gasteiger partial charge in [-0.25, -0.2) is 0 Å². The van der Waals surface area contributed by atoms with Crippen molar-refractivity contribution in [2.45, 2.75) is 53.5 Å². The average Bonchev–Trinajstić information content (AvgIpc) is 3.71. The van der Waals surface area contributed by atoms with Gasteiger partial charge in [0.25, 0.3) is 11.8 Å². The van der Waals surface area contributed by atoms with Crippen LogP contribution in [-0.2, 0) is 20.5 Å². The highest BCUT2D eigenvalue weighted by Crippen LogP contribution is 2.46. The molecule has 0 saturated heterocycles. The minimum absolute atomic E-state index is 0.149. The summed E-state index contributed by atoms with van der Waals surface area (Å²) >= 11 is 13.5. The number of nitrogens with zero attached hydrogens (tertiary/aromatic N) is 5. The Morgan fingerprint density at radius 2 is 1.69 bits per heavy atom. The Balaban J connectivity index is 1.40. The summed E-state index contributed by atoms with van der Waals surface area (Å²) in [4.78, 5) is 29.4. The number of halogens is 2. The van der Waals surface area contributed by atoms with E-state index in [9.17, 15) is 4.79 Å². The highest BCUT2D eigenvalue weighted by Gasteiger charge is 2.38. The topological polar surface area (TPSA) is 110 Å². The highest BCUT2D eigenvalue weighted by molar-refractivity contribution is 6.35. The molecule has 3 aromatic carbocycles. The maximum absolute atomic E-state index is 15.1. The van der Waals surface area contributed by atoms with Gasteiger partial charge >= 0.3 is 0 Å². The smallest absolute Gasteiger partial charge is 0.275 e. The molecule has 0 aliphatic carbocycles. The van der Waals surface area contributed by atoms with Gasteiger partial charge in [0.1, 0.15) is 22.9 Å². The second-order valence-corrected chi connectivity index (χ2v) is 14.6. The second-order valence-electron chi connectivity index (χ2n) is 13.8. The van der Waals surface area contributed by atoms with Crippen LogP contribution in [0.4, 0.5) is 5.69 Å². The standard InChI is InChI=1S/C40H42Cl2N6O4/c1-20-16-25(17-21(2)35(20)42)52-15-9-10-26-27-11-12-29(41)34(33-23(4)44-46(7)24(33)5)37(27)48-22(3)19-47(40(50)38(26)48)30-13-14-32(51-8)28-18-31(39(43)49)45(6)36(28)30/h11-14,16-18,22H,9-10,15,19H2,1-8H3,(H2,43,49). The number of hydrogen-bond acceptors (Lipinski definition) is 5. The van der Waals surface area contributed by atoms with Gasteiger partial charge in [0.05, 0.1) is 41.2 Å². The fraction of sp³-hybridized carbons (Fsp3) is 0.325. The summed E-state index contributed by atoms with van der Waals surface area (Å²) < 4.78 is 17.7. The Bertz CT molecular complexity index is 2430. The van der Waals surface area contributed by atoms with Crippen LogP contribution in [0.2, 0.25) is 10.0 Å². The third-order valence-corrected chi connectivity index (χ3v) is 11.4. The van der Waals surface area contributed by atoms with Crippen LogP contribution in [0.25, 0.3) is 32.9 Å². The first-order valence-electron chi connectivity index (χ1n) is 17.3. The monoisotopic (exact) mass is 740 g/mol. The summed E-state index contributed by atoms with van der Waals surface area (Å²) in [5.74, 6) is 0.631. The molecule has 2 N–H and O–H groups in total. The average molecular weight is 742 g/mol. The maximum atomic E-state index is 15.1. The Hall–Kier alpha value is -4.93. The fourth-order valence-electron chi connectivity index (χ4n) is 7.99. The number of nitrogens with two attached hydrogens (primary N) is 1. The second kappa shape index (κ2) is 13.2. The Morgan fingerprint density at radius 3 is 2.33 bits per heavy atom. The number of benzene rings is 3. The third-order valence-electron chi connectivity index (χ3n) is 10.5. The third kappa shape index (κ3) is 5.51. The molecule has 7 rings (SSSR count). The van der Waals surface area contributed by atoms with E-state index in [0.717, 1.165) is 60.9 Å².